The quantitative estimate of drug-likeness (QED) is 0.891. The Labute approximate surface area is 136 Å². The Balaban J connectivity index is 1.54. The van der Waals surface area contributed by atoms with Crippen molar-refractivity contribution >= 4 is 17.7 Å². The third kappa shape index (κ3) is 3.75. The molecule has 1 aromatic carbocycles. The summed E-state index contributed by atoms with van der Waals surface area (Å²) in [5.74, 6) is -1.24. The molecule has 0 spiro atoms. The molecule has 23 heavy (non-hydrogen) atoms. The first-order valence-electron chi connectivity index (χ1n) is 8.22. The van der Waals surface area contributed by atoms with Gasteiger partial charge in [0, 0.05) is 37.9 Å². The van der Waals surface area contributed by atoms with Crippen LogP contribution in [0.5, 0.6) is 0 Å². The highest BCUT2D eigenvalue weighted by molar-refractivity contribution is 5.77. The zero-order valence-electron chi connectivity index (χ0n) is 13.1. The number of hydrogen-bond donors (Lipinski definition) is 2. The van der Waals surface area contributed by atoms with Gasteiger partial charge in [0.25, 0.3) is 0 Å². The summed E-state index contributed by atoms with van der Waals surface area (Å²) >= 11 is 0. The smallest absolute Gasteiger partial charge is 0.317 e. The van der Waals surface area contributed by atoms with E-state index in [0.29, 0.717) is 19.5 Å². The Kier molecular flexibility index (Phi) is 4.69. The van der Waals surface area contributed by atoms with Gasteiger partial charge < -0.3 is 20.2 Å². The van der Waals surface area contributed by atoms with Crippen LogP contribution in [0.25, 0.3) is 0 Å². The number of amides is 2. The van der Waals surface area contributed by atoms with E-state index in [9.17, 15) is 9.59 Å². The Bertz CT molecular complexity index is 563. The van der Waals surface area contributed by atoms with Crippen molar-refractivity contribution in [2.45, 2.75) is 25.3 Å². The molecule has 2 aliphatic rings. The largest absolute Gasteiger partial charge is 0.481 e. The molecule has 6 nitrogen and oxygen atoms in total. The fourth-order valence-corrected chi connectivity index (χ4v) is 3.38. The summed E-state index contributed by atoms with van der Waals surface area (Å²) in [5, 5.41) is 12.1. The lowest BCUT2D eigenvalue weighted by Crippen LogP contribution is -2.51. The molecule has 0 radical (unpaired) electrons. The fourth-order valence-electron chi connectivity index (χ4n) is 3.38. The number of carboxylic acids is 1. The molecule has 2 amide bonds. The van der Waals surface area contributed by atoms with Gasteiger partial charge in [0.15, 0.2) is 0 Å². The zero-order chi connectivity index (χ0) is 16.2. The van der Waals surface area contributed by atoms with Crippen molar-refractivity contribution in [1.82, 2.24) is 10.2 Å². The summed E-state index contributed by atoms with van der Waals surface area (Å²) in [7, 11) is 0. The second-order valence-corrected chi connectivity index (χ2v) is 6.34. The maximum Gasteiger partial charge on any atom is 0.317 e. The van der Waals surface area contributed by atoms with E-state index in [4.69, 9.17) is 5.11 Å². The number of piperidine rings is 1. The van der Waals surface area contributed by atoms with E-state index in [-0.39, 0.29) is 12.1 Å². The monoisotopic (exact) mass is 317 g/mol. The van der Waals surface area contributed by atoms with E-state index in [2.05, 4.69) is 22.3 Å². The van der Waals surface area contributed by atoms with Crippen molar-refractivity contribution in [1.29, 1.82) is 0 Å². The van der Waals surface area contributed by atoms with Gasteiger partial charge in [-0.15, -0.1) is 0 Å². The Morgan fingerprint density at radius 3 is 2.57 bits per heavy atom. The van der Waals surface area contributed by atoms with Crippen LogP contribution >= 0.6 is 0 Å². The first kappa shape index (κ1) is 15.6. The molecule has 124 valence electrons. The average Bonchev–Trinajstić information content (AvgIpc) is 3.06. The predicted molar refractivity (Wildman–Crippen MR) is 87.5 cm³/mol. The van der Waals surface area contributed by atoms with E-state index in [1.807, 2.05) is 18.2 Å². The Hall–Kier alpha value is -2.24. The molecule has 0 bridgehead atoms. The number of carboxylic acid groups (broad SMARTS) is 1. The van der Waals surface area contributed by atoms with E-state index < -0.39 is 11.9 Å². The lowest BCUT2D eigenvalue weighted by molar-refractivity contribution is -0.141. The van der Waals surface area contributed by atoms with Gasteiger partial charge in [-0.2, -0.15) is 0 Å². The number of urea groups is 1. The molecule has 2 N–H and O–H groups in total. The number of nitrogens with one attached hydrogen (secondary N) is 1. The number of carbonyl (C=O) groups is 2. The zero-order valence-corrected chi connectivity index (χ0v) is 13.1. The summed E-state index contributed by atoms with van der Waals surface area (Å²) in [6.45, 7) is 2.64. The number of aliphatic carboxylic acids is 1. The van der Waals surface area contributed by atoms with Crippen LogP contribution < -0.4 is 10.2 Å². The highest BCUT2D eigenvalue weighted by atomic mass is 16.4. The molecule has 2 heterocycles. The Morgan fingerprint density at radius 2 is 1.87 bits per heavy atom. The minimum Gasteiger partial charge on any atom is -0.481 e. The predicted octanol–water partition coefficient (Wildman–Crippen LogP) is 1.77. The molecule has 6 heteroatoms. The van der Waals surface area contributed by atoms with E-state index >= 15 is 0 Å². The minimum absolute atomic E-state index is 0.111. The molecular formula is C17H23N3O3. The molecule has 1 aromatic rings. The second-order valence-electron chi connectivity index (χ2n) is 6.34. The van der Waals surface area contributed by atoms with Crippen molar-refractivity contribution in [3.05, 3.63) is 30.3 Å². The topological polar surface area (TPSA) is 72.9 Å². The van der Waals surface area contributed by atoms with Crippen LogP contribution in [0.4, 0.5) is 10.5 Å². The number of carbonyl (C=O) groups excluding carboxylic acids is 1. The van der Waals surface area contributed by atoms with Crippen molar-refractivity contribution in [2.24, 2.45) is 5.92 Å². The van der Waals surface area contributed by atoms with Gasteiger partial charge in [0.05, 0.1) is 5.92 Å². The first-order chi connectivity index (χ1) is 11.1. The highest BCUT2D eigenvalue weighted by Gasteiger charge is 2.32. The maximum atomic E-state index is 12.3. The Morgan fingerprint density at radius 1 is 1.09 bits per heavy atom. The molecule has 3 rings (SSSR count). The van der Waals surface area contributed by atoms with Crippen molar-refractivity contribution in [3.63, 3.8) is 0 Å². The van der Waals surface area contributed by atoms with Crippen molar-refractivity contribution in [2.75, 3.05) is 31.1 Å². The normalized spacial score (nSPS) is 24.5. The molecule has 2 aliphatic heterocycles. The van der Waals surface area contributed by atoms with Gasteiger partial charge in [-0.1, -0.05) is 18.2 Å². The van der Waals surface area contributed by atoms with E-state index in [1.165, 1.54) is 5.69 Å². The molecule has 2 fully saturated rings. The van der Waals surface area contributed by atoms with Crippen LogP contribution in [-0.4, -0.2) is 54.2 Å². The van der Waals surface area contributed by atoms with Gasteiger partial charge in [-0.3, -0.25) is 4.79 Å². The molecule has 2 atom stereocenters. The highest BCUT2D eigenvalue weighted by Crippen LogP contribution is 2.20. The summed E-state index contributed by atoms with van der Waals surface area (Å²) in [5.41, 5.74) is 1.18. The van der Waals surface area contributed by atoms with Crippen LogP contribution in [0, 0.1) is 5.92 Å². The summed E-state index contributed by atoms with van der Waals surface area (Å²) < 4.78 is 0. The maximum absolute atomic E-state index is 12.3. The summed E-state index contributed by atoms with van der Waals surface area (Å²) in [6.07, 6.45) is 2.55. The van der Waals surface area contributed by atoms with Gasteiger partial charge in [0.2, 0.25) is 0 Å². The number of hydrogen-bond acceptors (Lipinski definition) is 3. The molecule has 2 saturated heterocycles. The lowest BCUT2D eigenvalue weighted by atomic mass is 10.1. The molecule has 0 aliphatic carbocycles. The summed E-state index contributed by atoms with van der Waals surface area (Å²) in [6, 6.07) is 10.2. The first-order valence-corrected chi connectivity index (χ1v) is 8.22. The standard InChI is InChI=1S/C17H23N3O3/c21-16(22)13-8-10-20(11-13)17(23)18-14-5-4-9-19(12-14)15-6-2-1-3-7-15/h1-3,6-7,13-14H,4-5,8-12H2,(H,18,23)(H,21,22). The SMILES string of the molecule is O=C(O)C1CCN(C(=O)NC2CCCN(c3ccccc3)C2)C1. The van der Waals surface area contributed by atoms with E-state index in [1.54, 1.807) is 4.90 Å². The molecule has 0 aromatic heterocycles. The van der Waals surface area contributed by atoms with E-state index in [0.717, 1.165) is 25.9 Å². The van der Waals surface area contributed by atoms with Crippen LogP contribution in [0.1, 0.15) is 19.3 Å². The number of likely N-dealkylation sites (tertiary alicyclic amines) is 1. The third-order valence-electron chi connectivity index (χ3n) is 4.70. The number of benzene rings is 1. The number of nitrogens with zero attached hydrogens (tertiary/aromatic N) is 2. The minimum atomic E-state index is -0.812. The van der Waals surface area contributed by atoms with Crippen LogP contribution in [0.15, 0.2) is 30.3 Å². The average molecular weight is 317 g/mol. The summed E-state index contributed by atoms with van der Waals surface area (Å²) in [4.78, 5) is 27.2. The second kappa shape index (κ2) is 6.89. The van der Waals surface area contributed by atoms with Crippen molar-refractivity contribution in [3.8, 4) is 0 Å². The van der Waals surface area contributed by atoms with Gasteiger partial charge in [0.1, 0.15) is 0 Å². The molecular weight excluding hydrogens is 294 g/mol. The fraction of sp³-hybridized carbons (Fsp3) is 0.529. The van der Waals surface area contributed by atoms with Crippen molar-refractivity contribution < 1.29 is 14.7 Å². The van der Waals surface area contributed by atoms with Gasteiger partial charge in [-0.05, 0) is 31.4 Å². The van der Waals surface area contributed by atoms with Crippen LogP contribution in [0.2, 0.25) is 0 Å². The van der Waals surface area contributed by atoms with Gasteiger partial charge in [-0.25, -0.2) is 4.79 Å². The van der Waals surface area contributed by atoms with Gasteiger partial charge >= 0.3 is 12.0 Å². The van der Waals surface area contributed by atoms with Crippen LogP contribution in [0.3, 0.4) is 0 Å². The number of rotatable bonds is 3. The number of para-hydroxylation sites is 1. The van der Waals surface area contributed by atoms with Crippen LogP contribution in [-0.2, 0) is 4.79 Å². The third-order valence-corrected chi connectivity index (χ3v) is 4.70. The lowest BCUT2D eigenvalue weighted by Gasteiger charge is -2.35. The number of anilines is 1. The molecule has 2 unspecified atom stereocenters. The molecule has 0 saturated carbocycles.